The first-order chi connectivity index (χ1) is 7.74. The molecule has 0 radical (unpaired) electrons. The molecule has 1 rings (SSSR count). The Morgan fingerprint density at radius 3 is 2.53 bits per heavy atom. The van der Waals surface area contributed by atoms with E-state index in [-0.39, 0.29) is 15.6 Å². The summed E-state index contributed by atoms with van der Waals surface area (Å²) in [5.74, 6) is -0.794. The van der Waals surface area contributed by atoms with Crippen LogP contribution in [-0.4, -0.2) is 20.4 Å². The molecule has 0 saturated carbocycles. The van der Waals surface area contributed by atoms with Crippen molar-refractivity contribution in [3.63, 3.8) is 0 Å². The molecule has 0 aliphatic heterocycles. The van der Waals surface area contributed by atoms with Gasteiger partial charge in [0.2, 0.25) is 5.91 Å². The van der Waals surface area contributed by atoms with Crippen LogP contribution in [0.5, 0.6) is 0 Å². The smallest absolute Gasteiger partial charge is 0.264 e. The quantitative estimate of drug-likeness (QED) is 0.677. The predicted octanol–water partition coefficient (Wildman–Crippen LogP) is 0.0743. The normalized spacial score (nSPS) is 13.1. The lowest BCUT2D eigenvalue weighted by atomic mass is 10.3. The van der Waals surface area contributed by atoms with Crippen LogP contribution in [0.15, 0.2) is 23.1 Å². The van der Waals surface area contributed by atoms with E-state index in [2.05, 4.69) is 0 Å². The third-order valence-corrected chi connectivity index (χ3v) is 3.60. The summed E-state index contributed by atoms with van der Waals surface area (Å²) in [6.45, 7) is 1.38. The average molecular weight is 278 g/mol. The van der Waals surface area contributed by atoms with Gasteiger partial charge in [0, 0.05) is 0 Å². The second kappa shape index (κ2) is 4.91. The summed E-state index contributed by atoms with van der Waals surface area (Å²) in [5.41, 5.74) is 11.0. The van der Waals surface area contributed by atoms with E-state index in [9.17, 15) is 13.2 Å². The zero-order valence-electron chi connectivity index (χ0n) is 8.98. The van der Waals surface area contributed by atoms with Gasteiger partial charge in [-0.15, -0.1) is 0 Å². The van der Waals surface area contributed by atoms with Gasteiger partial charge in [-0.25, -0.2) is 13.1 Å². The van der Waals surface area contributed by atoms with Crippen molar-refractivity contribution in [3.8, 4) is 0 Å². The first-order valence-corrected chi connectivity index (χ1v) is 6.47. The molecule has 6 nitrogen and oxygen atoms in total. The predicted molar refractivity (Wildman–Crippen MR) is 64.8 cm³/mol. The van der Waals surface area contributed by atoms with E-state index in [4.69, 9.17) is 23.1 Å². The maximum absolute atomic E-state index is 11.7. The number of amides is 1. The molecule has 1 atom stereocenters. The number of carbonyl (C=O) groups excluding carboxylic acids is 1. The molecular weight excluding hydrogens is 266 g/mol. The van der Waals surface area contributed by atoms with Gasteiger partial charge in [-0.05, 0) is 25.1 Å². The molecule has 1 aromatic rings. The summed E-state index contributed by atoms with van der Waals surface area (Å²) in [6.07, 6.45) is 0. The van der Waals surface area contributed by atoms with Gasteiger partial charge in [0.05, 0.1) is 21.6 Å². The van der Waals surface area contributed by atoms with E-state index < -0.39 is 22.0 Å². The molecule has 0 bridgehead atoms. The van der Waals surface area contributed by atoms with E-state index in [1.807, 2.05) is 4.72 Å². The summed E-state index contributed by atoms with van der Waals surface area (Å²) < 4.78 is 25.3. The fourth-order valence-corrected chi connectivity index (χ4v) is 2.29. The Morgan fingerprint density at radius 1 is 1.47 bits per heavy atom. The fourth-order valence-electron chi connectivity index (χ4n) is 0.959. The summed E-state index contributed by atoms with van der Waals surface area (Å²) in [7, 11) is -3.96. The molecule has 1 aromatic carbocycles. The minimum atomic E-state index is -3.96. The second-order valence-corrected chi connectivity index (χ2v) is 5.53. The number of rotatable bonds is 3. The molecule has 0 aliphatic rings. The Hall–Kier alpha value is -1.31. The second-order valence-electron chi connectivity index (χ2n) is 3.44. The van der Waals surface area contributed by atoms with Crippen LogP contribution in [0.3, 0.4) is 0 Å². The number of nitrogen functional groups attached to an aromatic ring is 1. The van der Waals surface area contributed by atoms with Gasteiger partial charge < -0.3 is 11.5 Å². The van der Waals surface area contributed by atoms with E-state index in [1.54, 1.807) is 0 Å². The number of hydrogen-bond donors (Lipinski definition) is 3. The molecule has 0 fully saturated rings. The zero-order chi connectivity index (χ0) is 13.2. The van der Waals surface area contributed by atoms with Gasteiger partial charge >= 0.3 is 0 Å². The topological polar surface area (TPSA) is 115 Å². The summed E-state index contributed by atoms with van der Waals surface area (Å²) in [5, 5.41) is 0.0983. The zero-order valence-corrected chi connectivity index (χ0v) is 10.5. The first kappa shape index (κ1) is 13.8. The summed E-state index contributed by atoms with van der Waals surface area (Å²) in [4.78, 5) is 11.1. The number of nitrogens with one attached hydrogen (secondary N) is 1. The monoisotopic (exact) mass is 277 g/mol. The lowest BCUT2D eigenvalue weighted by Gasteiger charge is -2.09. The van der Waals surface area contributed by atoms with E-state index >= 15 is 0 Å². The molecule has 0 heterocycles. The maximum atomic E-state index is 11.7. The average Bonchev–Trinajstić information content (AvgIpc) is 2.21. The van der Waals surface area contributed by atoms with Crippen LogP contribution >= 0.6 is 11.6 Å². The molecule has 0 unspecified atom stereocenters. The van der Waals surface area contributed by atoms with Gasteiger partial charge in [-0.1, -0.05) is 11.6 Å². The Labute approximate surface area is 104 Å². The van der Waals surface area contributed by atoms with Gasteiger partial charge in [0.25, 0.3) is 10.0 Å². The number of nitrogens with two attached hydrogens (primary N) is 2. The van der Waals surface area contributed by atoms with Gasteiger partial charge in [0.15, 0.2) is 0 Å². The Morgan fingerprint density at radius 2 is 2.06 bits per heavy atom. The standard InChI is InChI=1S/C9H12ClN3O3S/c1-5(11)9(14)13-17(15,16)6-2-3-8(12)7(10)4-6/h2-5H,11-12H2,1H3,(H,13,14)/t5-/m0/s1. The molecular formula is C9H12ClN3O3S. The third kappa shape index (κ3) is 3.32. The Kier molecular flexibility index (Phi) is 3.97. The van der Waals surface area contributed by atoms with Crippen molar-refractivity contribution in [2.75, 3.05) is 5.73 Å². The molecule has 17 heavy (non-hydrogen) atoms. The Bertz CT molecular complexity index is 542. The SMILES string of the molecule is C[C@H](N)C(=O)NS(=O)(=O)c1ccc(N)c(Cl)c1. The molecule has 94 valence electrons. The van der Waals surface area contributed by atoms with Crippen LogP contribution in [0.2, 0.25) is 5.02 Å². The number of halogens is 1. The highest BCUT2D eigenvalue weighted by Crippen LogP contribution is 2.22. The minimum absolute atomic E-state index is 0.0983. The number of sulfonamides is 1. The van der Waals surface area contributed by atoms with E-state index in [0.717, 1.165) is 6.07 Å². The van der Waals surface area contributed by atoms with Crippen molar-refractivity contribution in [3.05, 3.63) is 23.2 Å². The van der Waals surface area contributed by atoms with Crippen LogP contribution in [0.4, 0.5) is 5.69 Å². The van der Waals surface area contributed by atoms with Gasteiger partial charge in [-0.3, -0.25) is 4.79 Å². The highest BCUT2D eigenvalue weighted by atomic mass is 35.5. The lowest BCUT2D eigenvalue weighted by molar-refractivity contribution is -0.120. The molecule has 0 saturated heterocycles. The van der Waals surface area contributed by atoms with Crippen LogP contribution < -0.4 is 16.2 Å². The van der Waals surface area contributed by atoms with E-state index in [0.29, 0.717) is 0 Å². The van der Waals surface area contributed by atoms with Crippen LogP contribution in [0, 0.1) is 0 Å². The van der Waals surface area contributed by atoms with E-state index in [1.165, 1.54) is 19.1 Å². The van der Waals surface area contributed by atoms with Crippen LogP contribution in [0.25, 0.3) is 0 Å². The van der Waals surface area contributed by atoms with Gasteiger partial charge in [-0.2, -0.15) is 0 Å². The molecule has 0 aromatic heterocycles. The highest BCUT2D eigenvalue weighted by Gasteiger charge is 2.20. The summed E-state index contributed by atoms with van der Waals surface area (Å²) in [6, 6.07) is 2.83. The van der Waals surface area contributed by atoms with Crippen molar-refractivity contribution in [2.24, 2.45) is 5.73 Å². The van der Waals surface area contributed by atoms with Crippen molar-refractivity contribution >= 4 is 33.2 Å². The van der Waals surface area contributed by atoms with Crippen LogP contribution in [0.1, 0.15) is 6.92 Å². The number of anilines is 1. The van der Waals surface area contributed by atoms with Gasteiger partial charge in [0.1, 0.15) is 0 Å². The fraction of sp³-hybridized carbons (Fsp3) is 0.222. The maximum Gasteiger partial charge on any atom is 0.264 e. The molecule has 5 N–H and O–H groups in total. The molecule has 1 amide bonds. The first-order valence-electron chi connectivity index (χ1n) is 4.61. The molecule has 8 heteroatoms. The third-order valence-electron chi connectivity index (χ3n) is 1.93. The number of carbonyl (C=O) groups is 1. The lowest BCUT2D eigenvalue weighted by Crippen LogP contribution is -2.41. The van der Waals surface area contributed by atoms with Crippen molar-refractivity contribution < 1.29 is 13.2 Å². The van der Waals surface area contributed by atoms with Crippen molar-refractivity contribution in [1.82, 2.24) is 4.72 Å². The van der Waals surface area contributed by atoms with Crippen LogP contribution in [-0.2, 0) is 14.8 Å². The number of benzene rings is 1. The Balaban J connectivity index is 3.06. The number of hydrogen-bond acceptors (Lipinski definition) is 5. The molecule has 0 spiro atoms. The largest absolute Gasteiger partial charge is 0.398 e. The van der Waals surface area contributed by atoms with Crippen molar-refractivity contribution in [1.29, 1.82) is 0 Å². The van der Waals surface area contributed by atoms with Crippen molar-refractivity contribution in [2.45, 2.75) is 17.9 Å². The minimum Gasteiger partial charge on any atom is -0.398 e. The highest BCUT2D eigenvalue weighted by molar-refractivity contribution is 7.90. The summed E-state index contributed by atoms with van der Waals surface area (Å²) >= 11 is 5.69. The molecule has 0 aliphatic carbocycles.